The fourth-order valence-electron chi connectivity index (χ4n) is 1.77. The number of anilines is 2. The van der Waals surface area contributed by atoms with E-state index in [9.17, 15) is 4.79 Å². The van der Waals surface area contributed by atoms with E-state index >= 15 is 0 Å². The van der Waals surface area contributed by atoms with E-state index in [1.807, 2.05) is 19.1 Å². The van der Waals surface area contributed by atoms with Crippen LogP contribution in [0, 0.1) is 5.92 Å². The predicted octanol–water partition coefficient (Wildman–Crippen LogP) is 2.82. The van der Waals surface area contributed by atoms with Gasteiger partial charge in [0.25, 0.3) is 0 Å². The van der Waals surface area contributed by atoms with Gasteiger partial charge in [0.2, 0.25) is 0 Å². The van der Waals surface area contributed by atoms with Crippen molar-refractivity contribution in [2.75, 3.05) is 11.1 Å². The Balaban J connectivity index is 2.44. The molecule has 94 valence electrons. The molecule has 4 nitrogen and oxygen atoms in total. The van der Waals surface area contributed by atoms with Crippen molar-refractivity contribution < 1.29 is 4.79 Å². The maximum absolute atomic E-state index is 11.7. The topological polar surface area (TPSA) is 67.2 Å². The van der Waals surface area contributed by atoms with Gasteiger partial charge in [0.05, 0.1) is 0 Å². The van der Waals surface area contributed by atoms with Gasteiger partial charge in [-0.15, -0.1) is 0 Å². The molecular formula is C13H21N3O. The summed E-state index contributed by atoms with van der Waals surface area (Å²) in [4.78, 5) is 11.7. The van der Waals surface area contributed by atoms with Crippen LogP contribution in [0.5, 0.6) is 0 Å². The van der Waals surface area contributed by atoms with Crippen molar-refractivity contribution in [1.82, 2.24) is 5.32 Å². The van der Waals surface area contributed by atoms with Crippen LogP contribution >= 0.6 is 0 Å². The first-order valence-electron chi connectivity index (χ1n) is 5.90. The summed E-state index contributed by atoms with van der Waals surface area (Å²) in [7, 11) is 0. The lowest BCUT2D eigenvalue weighted by molar-refractivity contribution is 0.247. The van der Waals surface area contributed by atoms with E-state index < -0.39 is 0 Å². The van der Waals surface area contributed by atoms with Crippen molar-refractivity contribution in [2.45, 2.75) is 33.2 Å². The molecule has 1 aromatic rings. The molecule has 0 aliphatic carbocycles. The molecule has 1 aromatic carbocycles. The molecule has 4 heteroatoms. The molecule has 0 radical (unpaired) electrons. The van der Waals surface area contributed by atoms with Crippen molar-refractivity contribution in [3.05, 3.63) is 24.3 Å². The number of hydrogen-bond acceptors (Lipinski definition) is 2. The molecule has 0 heterocycles. The van der Waals surface area contributed by atoms with Crippen LogP contribution < -0.4 is 16.4 Å². The third kappa shape index (κ3) is 5.24. The van der Waals surface area contributed by atoms with E-state index in [-0.39, 0.29) is 12.1 Å². The monoisotopic (exact) mass is 235 g/mol. The summed E-state index contributed by atoms with van der Waals surface area (Å²) in [5.41, 5.74) is 6.97. The molecular weight excluding hydrogens is 214 g/mol. The van der Waals surface area contributed by atoms with Crippen LogP contribution in [0.15, 0.2) is 24.3 Å². The normalized spacial score (nSPS) is 12.2. The molecule has 1 unspecified atom stereocenters. The number of nitrogen functional groups attached to an aromatic ring is 1. The minimum Gasteiger partial charge on any atom is -0.399 e. The number of nitrogens with two attached hydrogens (primary N) is 1. The average Bonchev–Trinajstić information content (AvgIpc) is 2.14. The Morgan fingerprint density at radius 2 is 2.06 bits per heavy atom. The second-order valence-electron chi connectivity index (χ2n) is 4.75. The number of hydrogen-bond donors (Lipinski definition) is 3. The Bertz CT molecular complexity index is 377. The van der Waals surface area contributed by atoms with Crippen molar-refractivity contribution in [2.24, 2.45) is 5.92 Å². The Morgan fingerprint density at radius 3 is 2.65 bits per heavy atom. The van der Waals surface area contributed by atoms with Gasteiger partial charge in [0, 0.05) is 17.4 Å². The number of nitrogens with one attached hydrogen (secondary N) is 2. The molecule has 4 N–H and O–H groups in total. The second kappa shape index (κ2) is 6.13. The highest BCUT2D eigenvalue weighted by atomic mass is 16.2. The van der Waals surface area contributed by atoms with Gasteiger partial charge >= 0.3 is 6.03 Å². The molecule has 0 saturated carbocycles. The van der Waals surface area contributed by atoms with Gasteiger partial charge in [-0.1, -0.05) is 19.9 Å². The predicted molar refractivity (Wildman–Crippen MR) is 71.9 cm³/mol. The van der Waals surface area contributed by atoms with Crippen LogP contribution in [0.3, 0.4) is 0 Å². The first-order valence-corrected chi connectivity index (χ1v) is 5.90. The number of amides is 2. The van der Waals surface area contributed by atoms with Crippen molar-refractivity contribution in [3.63, 3.8) is 0 Å². The quantitative estimate of drug-likeness (QED) is 0.702. The van der Waals surface area contributed by atoms with Gasteiger partial charge in [-0.05, 0) is 37.5 Å². The second-order valence-corrected chi connectivity index (χ2v) is 4.75. The fraction of sp³-hybridized carbons (Fsp3) is 0.462. The standard InChI is InChI=1S/C13H21N3O/c1-9(2)7-10(3)15-13(17)16-12-6-4-5-11(14)8-12/h4-6,8-10H,7,14H2,1-3H3,(H2,15,16,17). The minimum absolute atomic E-state index is 0.163. The lowest BCUT2D eigenvalue weighted by Crippen LogP contribution is -2.36. The molecule has 2 amide bonds. The lowest BCUT2D eigenvalue weighted by Gasteiger charge is -2.16. The van der Waals surface area contributed by atoms with Crippen molar-refractivity contribution in [1.29, 1.82) is 0 Å². The molecule has 17 heavy (non-hydrogen) atoms. The minimum atomic E-state index is -0.191. The maximum atomic E-state index is 11.7. The highest BCUT2D eigenvalue weighted by molar-refractivity contribution is 5.89. The van der Waals surface area contributed by atoms with Crippen LogP contribution in [0.4, 0.5) is 16.2 Å². The number of carbonyl (C=O) groups excluding carboxylic acids is 1. The molecule has 0 aromatic heterocycles. The van der Waals surface area contributed by atoms with Gasteiger partial charge in [0.1, 0.15) is 0 Å². The van der Waals surface area contributed by atoms with Crippen molar-refractivity contribution in [3.8, 4) is 0 Å². The van der Waals surface area contributed by atoms with Crippen LogP contribution in [0.1, 0.15) is 27.2 Å². The zero-order valence-electron chi connectivity index (χ0n) is 10.7. The summed E-state index contributed by atoms with van der Waals surface area (Å²) in [6.07, 6.45) is 0.963. The number of benzene rings is 1. The van der Waals surface area contributed by atoms with Crippen LogP contribution in [0.25, 0.3) is 0 Å². The summed E-state index contributed by atoms with van der Waals surface area (Å²) in [5, 5.41) is 5.65. The van der Waals surface area contributed by atoms with E-state index in [0.29, 0.717) is 17.3 Å². The summed E-state index contributed by atoms with van der Waals surface area (Å²) in [6, 6.07) is 7.10. The van der Waals surface area contributed by atoms with Crippen molar-refractivity contribution >= 4 is 17.4 Å². The highest BCUT2D eigenvalue weighted by Gasteiger charge is 2.08. The van der Waals surface area contributed by atoms with E-state index in [0.717, 1.165) is 6.42 Å². The molecule has 0 fully saturated rings. The van der Waals surface area contributed by atoms with E-state index in [2.05, 4.69) is 24.5 Å². The molecule has 1 rings (SSSR count). The first kappa shape index (κ1) is 13.4. The SMILES string of the molecule is CC(C)CC(C)NC(=O)Nc1cccc(N)c1. The van der Waals surface area contributed by atoms with E-state index in [1.54, 1.807) is 12.1 Å². The average molecular weight is 235 g/mol. The smallest absolute Gasteiger partial charge is 0.319 e. The third-order valence-corrected chi connectivity index (χ3v) is 2.35. The number of urea groups is 1. The van der Waals surface area contributed by atoms with Crippen LogP contribution in [-0.4, -0.2) is 12.1 Å². The summed E-state index contributed by atoms with van der Waals surface area (Å²) in [6.45, 7) is 6.26. The Kier molecular flexibility index (Phi) is 4.82. The van der Waals surface area contributed by atoms with Crippen LogP contribution in [0.2, 0.25) is 0 Å². The lowest BCUT2D eigenvalue weighted by atomic mass is 10.1. The van der Waals surface area contributed by atoms with Crippen LogP contribution in [-0.2, 0) is 0 Å². The third-order valence-electron chi connectivity index (χ3n) is 2.35. The molecule has 0 aliphatic heterocycles. The Hall–Kier alpha value is -1.71. The summed E-state index contributed by atoms with van der Waals surface area (Å²) >= 11 is 0. The summed E-state index contributed by atoms with van der Waals surface area (Å²) in [5.74, 6) is 0.567. The van der Waals surface area contributed by atoms with Gasteiger partial charge in [0.15, 0.2) is 0 Å². The maximum Gasteiger partial charge on any atom is 0.319 e. The number of carbonyl (C=O) groups is 1. The van der Waals surface area contributed by atoms with Gasteiger partial charge in [-0.3, -0.25) is 0 Å². The fourth-order valence-corrected chi connectivity index (χ4v) is 1.77. The molecule has 0 bridgehead atoms. The first-order chi connectivity index (χ1) is 7.97. The molecule has 0 spiro atoms. The Morgan fingerprint density at radius 1 is 1.35 bits per heavy atom. The van der Waals surface area contributed by atoms with E-state index in [1.165, 1.54) is 0 Å². The number of rotatable bonds is 4. The van der Waals surface area contributed by atoms with Gasteiger partial charge in [-0.25, -0.2) is 4.79 Å². The van der Waals surface area contributed by atoms with Gasteiger partial charge in [-0.2, -0.15) is 0 Å². The molecule has 1 atom stereocenters. The van der Waals surface area contributed by atoms with Gasteiger partial charge < -0.3 is 16.4 Å². The zero-order valence-corrected chi connectivity index (χ0v) is 10.7. The van der Waals surface area contributed by atoms with E-state index in [4.69, 9.17) is 5.73 Å². The zero-order chi connectivity index (χ0) is 12.8. The largest absolute Gasteiger partial charge is 0.399 e. The molecule has 0 aliphatic rings. The molecule has 0 saturated heterocycles. The summed E-state index contributed by atoms with van der Waals surface area (Å²) < 4.78 is 0. The Labute approximate surface area is 103 Å². The highest BCUT2D eigenvalue weighted by Crippen LogP contribution is 2.11.